The molecule has 1 aromatic heterocycles. The topological polar surface area (TPSA) is 40.5 Å². The van der Waals surface area contributed by atoms with Crippen LogP contribution < -0.4 is 10.2 Å². The first-order valence-electron chi connectivity index (χ1n) is 9.19. The van der Waals surface area contributed by atoms with Crippen molar-refractivity contribution in [3.63, 3.8) is 0 Å². The lowest BCUT2D eigenvalue weighted by molar-refractivity contribution is 0.205. The molecule has 1 atom stereocenters. The predicted octanol–water partition coefficient (Wildman–Crippen LogP) is 3.32. The largest absolute Gasteiger partial charge is 0.371 e. The number of aromatic nitrogens is 1. The van der Waals surface area contributed by atoms with Crippen LogP contribution in [0.5, 0.6) is 0 Å². The minimum absolute atomic E-state index is 0.0468. The number of amides is 2. The molecule has 0 spiro atoms. The summed E-state index contributed by atoms with van der Waals surface area (Å²) in [7, 11) is 1.82. The first kappa shape index (κ1) is 18.3. The molecular formula is C20H27FN4O. The summed E-state index contributed by atoms with van der Waals surface area (Å²) in [5.41, 5.74) is 2.17. The molecule has 0 aliphatic carbocycles. The van der Waals surface area contributed by atoms with Crippen molar-refractivity contribution in [1.29, 1.82) is 0 Å². The molecule has 2 heterocycles. The number of carbonyl (C=O) groups excluding carboxylic acids is 1. The SMILES string of the molecule is CCn1ccc(CN(C)C(=O)NC[C@H]2CCN(c3ccc(F)cc3)C2)c1. The molecule has 0 radical (unpaired) electrons. The number of hydrogen-bond acceptors (Lipinski definition) is 2. The van der Waals surface area contributed by atoms with Crippen LogP contribution in [0.2, 0.25) is 0 Å². The maximum atomic E-state index is 13.0. The Morgan fingerprint density at radius 3 is 2.77 bits per heavy atom. The fourth-order valence-corrected chi connectivity index (χ4v) is 3.38. The van der Waals surface area contributed by atoms with Gasteiger partial charge in [-0.1, -0.05) is 0 Å². The molecule has 26 heavy (non-hydrogen) atoms. The summed E-state index contributed by atoms with van der Waals surface area (Å²) in [5.74, 6) is 0.202. The van der Waals surface area contributed by atoms with E-state index in [1.807, 2.05) is 31.4 Å². The van der Waals surface area contributed by atoms with E-state index in [4.69, 9.17) is 0 Å². The van der Waals surface area contributed by atoms with Crippen LogP contribution in [0.25, 0.3) is 0 Å². The number of anilines is 1. The summed E-state index contributed by atoms with van der Waals surface area (Å²) in [4.78, 5) is 16.3. The number of rotatable bonds is 6. The van der Waals surface area contributed by atoms with Gasteiger partial charge in [0, 0.05) is 57.9 Å². The summed E-state index contributed by atoms with van der Waals surface area (Å²) in [6, 6.07) is 8.61. The number of halogens is 1. The van der Waals surface area contributed by atoms with Gasteiger partial charge < -0.3 is 19.7 Å². The van der Waals surface area contributed by atoms with Crippen LogP contribution in [-0.2, 0) is 13.1 Å². The maximum Gasteiger partial charge on any atom is 0.317 e. The van der Waals surface area contributed by atoms with Crippen molar-refractivity contribution < 1.29 is 9.18 Å². The number of urea groups is 1. The van der Waals surface area contributed by atoms with Crippen LogP contribution >= 0.6 is 0 Å². The lowest BCUT2D eigenvalue weighted by Crippen LogP contribution is -2.39. The van der Waals surface area contributed by atoms with Gasteiger partial charge in [-0.05, 0) is 55.2 Å². The number of aryl methyl sites for hydroxylation is 1. The maximum absolute atomic E-state index is 13.0. The van der Waals surface area contributed by atoms with E-state index in [1.54, 1.807) is 4.90 Å². The van der Waals surface area contributed by atoms with E-state index in [0.29, 0.717) is 19.0 Å². The molecule has 140 valence electrons. The zero-order chi connectivity index (χ0) is 18.5. The second-order valence-corrected chi connectivity index (χ2v) is 6.97. The molecule has 0 unspecified atom stereocenters. The van der Waals surface area contributed by atoms with Gasteiger partial charge in [-0.25, -0.2) is 9.18 Å². The van der Waals surface area contributed by atoms with Gasteiger partial charge in [0.1, 0.15) is 5.82 Å². The van der Waals surface area contributed by atoms with E-state index in [9.17, 15) is 9.18 Å². The number of benzene rings is 1. The van der Waals surface area contributed by atoms with E-state index in [-0.39, 0.29) is 11.8 Å². The molecule has 1 aromatic carbocycles. The van der Waals surface area contributed by atoms with Gasteiger partial charge in [-0.3, -0.25) is 0 Å². The van der Waals surface area contributed by atoms with Gasteiger partial charge in [-0.2, -0.15) is 0 Å². The Labute approximate surface area is 154 Å². The molecule has 0 bridgehead atoms. The van der Waals surface area contributed by atoms with Gasteiger partial charge in [-0.15, -0.1) is 0 Å². The van der Waals surface area contributed by atoms with E-state index in [2.05, 4.69) is 27.9 Å². The molecular weight excluding hydrogens is 331 g/mol. The van der Waals surface area contributed by atoms with Crippen molar-refractivity contribution >= 4 is 11.7 Å². The van der Waals surface area contributed by atoms with Crippen molar-refractivity contribution in [2.45, 2.75) is 26.4 Å². The van der Waals surface area contributed by atoms with Crippen LogP contribution in [0, 0.1) is 11.7 Å². The summed E-state index contributed by atoms with van der Waals surface area (Å²) < 4.78 is 15.1. The molecule has 3 rings (SSSR count). The molecule has 1 aliphatic heterocycles. The van der Waals surface area contributed by atoms with Crippen molar-refractivity contribution in [2.24, 2.45) is 5.92 Å². The van der Waals surface area contributed by atoms with Crippen LogP contribution in [0.15, 0.2) is 42.7 Å². The average Bonchev–Trinajstić information content (AvgIpc) is 3.29. The van der Waals surface area contributed by atoms with Crippen molar-refractivity contribution in [1.82, 2.24) is 14.8 Å². The molecule has 1 aliphatic rings. The summed E-state index contributed by atoms with van der Waals surface area (Å²) >= 11 is 0. The normalized spacial score (nSPS) is 16.7. The fraction of sp³-hybridized carbons (Fsp3) is 0.450. The first-order valence-corrected chi connectivity index (χ1v) is 9.19. The van der Waals surface area contributed by atoms with Gasteiger partial charge in [0.2, 0.25) is 0 Å². The Balaban J connectivity index is 1.43. The van der Waals surface area contributed by atoms with Crippen LogP contribution in [0.4, 0.5) is 14.9 Å². The van der Waals surface area contributed by atoms with Crippen LogP contribution in [-0.4, -0.2) is 42.2 Å². The van der Waals surface area contributed by atoms with Gasteiger partial charge in [0.15, 0.2) is 0 Å². The number of nitrogens with one attached hydrogen (secondary N) is 1. The Bertz CT molecular complexity index is 728. The molecule has 2 aromatic rings. The molecule has 1 fully saturated rings. The fourth-order valence-electron chi connectivity index (χ4n) is 3.38. The third-order valence-electron chi connectivity index (χ3n) is 4.96. The molecule has 1 saturated heterocycles. The number of carbonyl (C=O) groups is 1. The van der Waals surface area contributed by atoms with E-state index in [1.165, 1.54) is 12.1 Å². The predicted molar refractivity (Wildman–Crippen MR) is 102 cm³/mol. The molecule has 2 amide bonds. The van der Waals surface area contributed by atoms with Crippen molar-refractivity contribution in [2.75, 3.05) is 31.6 Å². The first-order chi connectivity index (χ1) is 12.5. The number of hydrogen-bond donors (Lipinski definition) is 1. The third-order valence-corrected chi connectivity index (χ3v) is 4.96. The molecule has 5 nitrogen and oxygen atoms in total. The Morgan fingerprint density at radius 1 is 1.31 bits per heavy atom. The summed E-state index contributed by atoms with van der Waals surface area (Å²) in [6.45, 7) is 6.11. The second kappa shape index (κ2) is 8.25. The average molecular weight is 358 g/mol. The van der Waals surface area contributed by atoms with E-state index < -0.39 is 0 Å². The standard InChI is InChI=1S/C20H27FN4O/c1-3-24-10-8-17(14-24)13-23(2)20(26)22-12-16-9-11-25(15-16)19-6-4-18(21)5-7-19/h4-8,10,14,16H,3,9,11-13,15H2,1-2H3,(H,22,26)/t16-/m1/s1. The molecule has 0 saturated carbocycles. The highest BCUT2D eigenvalue weighted by molar-refractivity contribution is 5.73. The highest BCUT2D eigenvalue weighted by Gasteiger charge is 2.23. The smallest absolute Gasteiger partial charge is 0.317 e. The van der Waals surface area contributed by atoms with Crippen molar-refractivity contribution in [3.8, 4) is 0 Å². The monoisotopic (exact) mass is 358 g/mol. The van der Waals surface area contributed by atoms with Crippen LogP contribution in [0.1, 0.15) is 18.9 Å². The van der Waals surface area contributed by atoms with E-state index >= 15 is 0 Å². The highest BCUT2D eigenvalue weighted by Crippen LogP contribution is 2.23. The Kier molecular flexibility index (Phi) is 5.81. The van der Waals surface area contributed by atoms with Crippen molar-refractivity contribution in [3.05, 3.63) is 54.1 Å². The lowest BCUT2D eigenvalue weighted by atomic mass is 10.1. The molecule has 6 heteroatoms. The second-order valence-electron chi connectivity index (χ2n) is 6.97. The lowest BCUT2D eigenvalue weighted by Gasteiger charge is -2.20. The van der Waals surface area contributed by atoms with Crippen LogP contribution in [0.3, 0.4) is 0 Å². The third kappa shape index (κ3) is 4.56. The minimum atomic E-state index is -0.214. The van der Waals surface area contributed by atoms with Gasteiger partial charge in [0.05, 0.1) is 0 Å². The number of nitrogens with zero attached hydrogens (tertiary/aromatic N) is 3. The Hall–Kier alpha value is -2.50. The molecule has 1 N–H and O–H groups in total. The van der Waals surface area contributed by atoms with Gasteiger partial charge in [0.25, 0.3) is 0 Å². The quantitative estimate of drug-likeness (QED) is 0.861. The Morgan fingerprint density at radius 2 is 2.08 bits per heavy atom. The van der Waals surface area contributed by atoms with Gasteiger partial charge >= 0.3 is 6.03 Å². The highest BCUT2D eigenvalue weighted by atomic mass is 19.1. The zero-order valence-electron chi connectivity index (χ0n) is 15.5. The zero-order valence-corrected chi connectivity index (χ0v) is 15.5. The summed E-state index contributed by atoms with van der Waals surface area (Å²) in [5, 5.41) is 3.04. The van der Waals surface area contributed by atoms with E-state index in [0.717, 1.165) is 37.3 Å². The summed E-state index contributed by atoms with van der Waals surface area (Å²) in [6.07, 6.45) is 5.13. The minimum Gasteiger partial charge on any atom is -0.371 e.